The molecule has 2 aliphatic heterocycles. The number of nitrogens with one attached hydrogen (secondary N) is 3. The highest BCUT2D eigenvalue weighted by Crippen LogP contribution is 2.43. The average Bonchev–Trinajstić information content (AvgIpc) is 3.18. The number of para-hydroxylation sites is 1. The summed E-state index contributed by atoms with van der Waals surface area (Å²) < 4.78 is 0. The number of fused-ring (bicyclic) bond motifs is 2. The summed E-state index contributed by atoms with van der Waals surface area (Å²) in [6.45, 7) is 0.469. The molecular formula is C18H17N5O3. The first-order valence-corrected chi connectivity index (χ1v) is 8.21. The Hall–Kier alpha value is -3.42. The van der Waals surface area contributed by atoms with Crippen LogP contribution in [0.5, 0.6) is 0 Å². The quantitative estimate of drug-likeness (QED) is 0.636. The number of primary amides is 1. The summed E-state index contributed by atoms with van der Waals surface area (Å²) in [5.41, 5.74) is 6.80. The van der Waals surface area contributed by atoms with Crippen molar-refractivity contribution in [1.29, 1.82) is 0 Å². The molecule has 8 heteroatoms. The van der Waals surface area contributed by atoms with Gasteiger partial charge >= 0.3 is 0 Å². The second kappa shape index (κ2) is 5.83. The van der Waals surface area contributed by atoms with Crippen molar-refractivity contribution in [2.24, 2.45) is 5.73 Å². The van der Waals surface area contributed by atoms with Crippen molar-refractivity contribution in [3.05, 3.63) is 53.9 Å². The second-order valence-corrected chi connectivity index (χ2v) is 6.50. The first kappa shape index (κ1) is 16.1. The van der Waals surface area contributed by atoms with Gasteiger partial charge in [0.2, 0.25) is 11.8 Å². The Balaban J connectivity index is 1.51. The maximum absolute atomic E-state index is 12.7. The fourth-order valence-electron chi connectivity index (χ4n) is 3.57. The standard InChI is InChI=1S/C18H17N5O3/c19-15(24)13-6-5-10(8-20-13)22-16(25)14-7-18(17(26)23-14)9-21-12-4-2-1-3-11(12)18/h1-6,8,14,21H,7,9H2,(H2,19,24)(H,22,25)(H,23,26). The number of aromatic nitrogens is 1. The van der Waals surface area contributed by atoms with Crippen LogP contribution in [0, 0.1) is 0 Å². The molecule has 2 aliphatic rings. The molecule has 5 N–H and O–H groups in total. The van der Waals surface area contributed by atoms with Gasteiger partial charge in [0.15, 0.2) is 0 Å². The fourth-order valence-corrected chi connectivity index (χ4v) is 3.57. The molecule has 4 rings (SSSR count). The number of nitrogens with zero attached hydrogens (tertiary/aromatic N) is 1. The Labute approximate surface area is 149 Å². The highest BCUT2D eigenvalue weighted by atomic mass is 16.2. The normalized spacial score (nSPS) is 23.2. The van der Waals surface area contributed by atoms with Gasteiger partial charge in [0.1, 0.15) is 11.7 Å². The molecule has 1 saturated heterocycles. The van der Waals surface area contributed by atoms with E-state index in [1.807, 2.05) is 24.3 Å². The van der Waals surface area contributed by atoms with E-state index in [4.69, 9.17) is 5.73 Å². The molecule has 2 atom stereocenters. The molecule has 2 unspecified atom stereocenters. The zero-order valence-electron chi connectivity index (χ0n) is 13.8. The van der Waals surface area contributed by atoms with Crippen LogP contribution in [0.2, 0.25) is 0 Å². The number of anilines is 2. The summed E-state index contributed by atoms with van der Waals surface area (Å²) in [6, 6.07) is 9.98. The van der Waals surface area contributed by atoms with Crippen LogP contribution < -0.4 is 21.7 Å². The minimum atomic E-state index is -0.729. The van der Waals surface area contributed by atoms with Gasteiger partial charge in [-0.3, -0.25) is 14.4 Å². The molecule has 0 bridgehead atoms. The van der Waals surface area contributed by atoms with Crippen LogP contribution in [0.3, 0.4) is 0 Å². The zero-order chi connectivity index (χ0) is 18.3. The van der Waals surface area contributed by atoms with Gasteiger partial charge in [0.25, 0.3) is 5.91 Å². The predicted molar refractivity (Wildman–Crippen MR) is 94.5 cm³/mol. The van der Waals surface area contributed by atoms with Gasteiger partial charge in [-0.05, 0) is 30.2 Å². The van der Waals surface area contributed by atoms with Gasteiger partial charge in [-0.1, -0.05) is 18.2 Å². The Bertz CT molecular complexity index is 911. The van der Waals surface area contributed by atoms with E-state index in [1.165, 1.54) is 12.3 Å². The number of nitrogens with two attached hydrogens (primary N) is 1. The van der Waals surface area contributed by atoms with Crippen molar-refractivity contribution in [3.63, 3.8) is 0 Å². The van der Waals surface area contributed by atoms with Crippen molar-refractivity contribution in [2.75, 3.05) is 17.2 Å². The van der Waals surface area contributed by atoms with Gasteiger partial charge in [0, 0.05) is 12.2 Å². The molecule has 132 valence electrons. The zero-order valence-corrected chi connectivity index (χ0v) is 13.8. The summed E-state index contributed by atoms with van der Waals surface area (Å²) >= 11 is 0. The van der Waals surface area contributed by atoms with Crippen molar-refractivity contribution in [1.82, 2.24) is 10.3 Å². The molecule has 26 heavy (non-hydrogen) atoms. The van der Waals surface area contributed by atoms with E-state index in [1.54, 1.807) is 6.07 Å². The third-order valence-corrected chi connectivity index (χ3v) is 4.92. The van der Waals surface area contributed by atoms with Gasteiger partial charge in [-0.2, -0.15) is 0 Å². The Morgan fingerprint density at radius 1 is 1.23 bits per heavy atom. The number of rotatable bonds is 3. The van der Waals surface area contributed by atoms with Crippen molar-refractivity contribution in [2.45, 2.75) is 17.9 Å². The monoisotopic (exact) mass is 351 g/mol. The van der Waals surface area contributed by atoms with E-state index >= 15 is 0 Å². The molecule has 1 spiro atoms. The highest BCUT2D eigenvalue weighted by Gasteiger charge is 2.53. The second-order valence-electron chi connectivity index (χ2n) is 6.50. The minimum Gasteiger partial charge on any atom is -0.383 e. The molecular weight excluding hydrogens is 334 g/mol. The van der Waals surface area contributed by atoms with Crippen LogP contribution >= 0.6 is 0 Å². The summed E-state index contributed by atoms with van der Waals surface area (Å²) in [5.74, 6) is -1.12. The Morgan fingerprint density at radius 2 is 2.04 bits per heavy atom. The lowest BCUT2D eigenvalue weighted by Gasteiger charge is -2.19. The molecule has 1 aromatic carbocycles. The Kier molecular flexibility index (Phi) is 3.61. The van der Waals surface area contributed by atoms with Crippen LogP contribution in [0.4, 0.5) is 11.4 Å². The summed E-state index contributed by atoms with van der Waals surface area (Å²) in [4.78, 5) is 40.1. The third kappa shape index (κ3) is 2.46. The smallest absolute Gasteiger partial charge is 0.267 e. The largest absolute Gasteiger partial charge is 0.383 e. The van der Waals surface area contributed by atoms with Crippen LogP contribution in [0.1, 0.15) is 22.5 Å². The summed E-state index contributed by atoms with van der Waals surface area (Å²) in [5, 5.41) is 8.75. The maximum Gasteiger partial charge on any atom is 0.267 e. The fraction of sp³-hybridized carbons (Fsp3) is 0.222. The molecule has 0 radical (unpaired) electrons. The van der Waals surface area contributed by atoms with Crippen LogP contribution in [-0.4, -0.2) is 35.3 Å². The van der Waals surface area contributed by atoms with Crippen LogP contribution in [-0.2, 0) is 15.0 Å². The molecule has 0 aliphatic carbocycles. The lowest BCUT2D eigenvalue weighted by Crippen LogP contribution is -2.39. The number of benzene rings is 1. The molecule has 1 fully saturated rings. The molecule has 8 nitrogen and oxygen atoms in total. The van der Waals surface area contributed by atoms with E-state index in [-0.39, 0.29) is 17.5 Å². The van der Waals surface area contributed by atoms with Crippen molar-refractivity contribution < 1.29 is 14.4 Å². The summed E-state index contributed by atoms with van der Waals surface area (Å²) in [7, 11) is 0. The first-order chi connectivity index (χ1) is 12.5. The van der Waals surface area contributed by atoms with Crippen LogP contribution in [0.25, 0.3) is 0 Å². The van der Waals surface area contributed by atoms with Crippen molar-refractivity contribution >= 4 is 29.1 Å². The number of carbonyl (C=O) groups excluding carboxylic acids is 3. The van der Waals surface area contributed by atoms with E-state index in [0.29, 0.717) is 18.7 Å². The number of pyridine rings is 1. The summed E-state index contributed by atoms with van der Waals surface area (Å²) in [6.07, 6.45) is 1.73. The first-order valence-electron chi connectivity index (χ1n) is 8.21. The number of carbonyl (C=O) groups is 3. The maximum atomic E-state index is 12.7. The number of amides is 3. The lowest BCUT2D eigenvalue weighted by atomic mass is 9.79. The highest BCUT2D eigenvalue weighted by molar-refractivity contribution is 6.04. The van der Waals surface area contributed by atoms with E-state index in [2.05, 4.69) is 20.9 Å². The molecule has 0 saturated carbocycles. The van der Waals surface area contributed by atoms with Gasteiger partial charge < -0.3 is 21.7 Å². The van der Waals surface area contributed by atoms with Gasteiger partial charge in [0.05, 0.1) is 17.3 Å². The molecule has 3 amide bonds. The molecule has 3 heterocycles. The SMILES string of the molecule is NC(=O)c1ccc(NC(=O)C2CC3(CNc4ccccc43)C(=O)N2)cn1. The topological polar surface area (TPSA) is 126 Å². The van der Waals surface area contributed by atoms with E-state index < -0.39 is 17.4 Å². The average molecular weight is 351 g/mol. The Morgan fingerprint density at radius 3 is 2.77 bits per heavy atom. The predicted octanol–water partition coefficient (Wildman–Crippen LogP) is 0.371. The van der Waals surface area contributed by atoms with Crippen LogP contribution in [0.15, 0.2) is 42.6 Å². The number of hydrogen-bond acceptors (Lipinski definition) is 5. The van der Waals surface area contributed by atoms with Crippen molar-refractivity contribution in [3.8, 4) is 0 Å². The third-order valence-electron chi connectivity index (χ3n) is 4.92. The number of hydrogen-bond donors (Lipinski definition) is 4. The molecule has 2 aromatic rings. The van der Waals surface area contributed by atoms with E-state index in [9.17, 15) is 14.4 Å². The molecule has 1 aromatic heterocycles. The van der Waals surface area contributed by atoms with E-state index in [0.717, 1.165) is 11.3 Å². The van der Waals surface area contributed by atoms with Gasteiger partial charge in [-0.15, -0.1) is 0 Å². The van der Waals surface area contributed by atoms with Gasteiger partial charge in [-0.25, -0.2) is 4.98 Å². The lowest BCUT2D eigenvalue weighted by molar-refractivity contribution is -0.125. The minimum absolute atomic E-state index is 0.116.